The van der Waals surface area contributed by atoms with Crippen molar-refractivity contribution in [2.24, 2.45) is 5.41 Å². The number of halogens is 2. The first kappa shape index (κ1) is 17.4. The maximum absolute atomic E-state index is 13.0. The van der Waals surface area contributed by atoms with Crippen LogP contribution in [-0.2, 0) is 6.54 Å². The van der Waals surface area contributed by atoms with Crippen molar-refractivity contribution in [2.75, 3.05) is 6.54 Å². The number of aliphatic hydroxyl groups is 1. The fourth-order valence-electron chi connectivity index (χ4n) is 2.15. The van der Waals surface area contributed by atoms with E-state index >= 15 is 0 Å². The van der Waals surface area contributed by atoms with Crippen molar-refractivity contribution >= 4 is 6.03 Å². The molecule has 1 atom stereocenters. The predicted molar refractivity (Wildman–Crippen MR) is 76.7 cm³/mol. The van der Waals surface area contributed by atoms with Crippen molar-refractivity contribution in [3.05, 3.63) is 35.4 Å². The van der Waals surface area contributed by atoms with E-state index in [9.17, 15) is 18.7 Å². The molecule has 6 heteroatoms. The second kappa shape index (κ2) is 7.36. The van der Waals surface area contributed by atoms with Crippen LogP contribution >= 0.6 is 0 Å². The fourth-order valence-corrected chi connectivity index (χ4v) is 2.15. The van der Waals surface area contributed by atoms with Crippen LogP contribution in [0.2, 0.25) is 0 Å². The predicted octanol–water partition coefficient (Wildman–Crippen LogP) is 2.56. The van der Waals surface area contributed by atoms with Gasteiger partial charge in [-0.25, -0.2) is 13.6 Å². The molecular formula is C15H22F2N2O2. The summed E-state index contributed by atoms with van der Waals surface area (Å²) < 4.78 is 26.0. The van der Waals surface area contributed by atoms with E-state index in [4.69, 9.17) is 0 Å². The van der Waals surface area contributed by atoms with Gasteiger partial charge in [0.1, 0.15) is 11.6 Å². The van der Waals surface area contributed by atoms with Gasteiger partial charge in [0.05, 0.1) is 6.10 Å². The number of urea groups is 1. The van der Waals surface area contributed by atoms with Gasteiger partial charge in [0.15, 0.2) is 0 Å². The monoisotopic (exact) mass is 300 g/mol. The number of benzene rings is 1. The Morgan fingerprint density at radius 3 is 2.33 bits per heavy atom. The summed E-state index contributed by atoms with van der Waals surface area (Å²) in [6.07, 6.45) is 0.114. The van der Waals surface area contributed by atoms with Gasteiger partial charge in [0.2, 0.25) is 0 Å². The van der Waals surface area contributed by atoms with Crippen molar-refractivity contribution in [3.63, 3.8) is 0 Å². The van der Waals surface area contributed by atoms with Gasteiger partial charge in [-0.2, -0.15) is 0 Å². The van der Waals surface area contributed by atoms with Crippen LogP contribution in [-0.4, -0.2) is 23.8 Å². The molecule has 0 heterocycles. The van der Waals surface area contributed by atoms with Gasteiger partial charge in [-0.3, -0.25) is 0 Å². The van der Waals surface area contributed by atoms with Crippen LogP contribution in [0.3, 0.4) is 0 Å². The van der Waals surface area contributed by atoms with Crippen LogP contribution in [0.1, 0.15) is 32.8 Å². The fraction of sp³-hybridized carbons (Fsp3) is 0.533. The van der Waals surface area contributed by atoms with E-state index < -0.39 is 23.8 Å². The number of amides is 2. The zero-order valence-corrected chi connectivity index (χ0v) is 12.5. The van der Waals surface area contributed by atoms with Gasteiger partial charge in [-0.05, 0) is 36.5 Å². The Morgan fingerprint density at radius 1 is 1.24 bits per heavy atom. The number of hydrogen-bond acceptors (Lipinski definition) is 2. The van der Waals surface area contributed by atoms with Gasteiger partial charge in [-0.1, -0.05) is 13.8 Å². The van der Waals surface area contributed by atoms with Gasteiger partial charge < -0.3 is 15.7 Å². The Kier molecular flexibility index (Phi) is 6.08. The molecule has 0 aliphatic rings. The summed E-state index contributed by atoms with van der Waals surface area (Å²) in [5, 5.41) is 14.6. The summed E-state index contributed by atoms with van der Waals surface area (Å²) >= 11 is 0. The van der Waals surface area contributed by atoms with E-state index in [1.807, 2.05) is 13.8 Å². The molecule has 0 saturated heterocycles. The molecule has 1 rings (SSSR count). The summed E-state index contributed by atoms with van der Waals surface area (Å²) in [4.78, 5) is 11.6. The minimum Gasteiger partial charge on any atom is -0.393 e. The minimum atomic E-state index is -0.676. The molecule has 0 spiro atoms. The number of carbonyl (C=O) groups is 1. The highest BCUT2D eigenvalue weighted by Gasteiger charge is 2.20. The van der Waals surface area contributed by atoms with Gasteiger partial charge in [0, 0.05) is 19.2 Å². The van der Waals surface area contributed by atoms with E-state index in [1.165, 1.54) is 12.1 Å². The Bertz CT molecular complexity index is 470. The summed E-state index contributed by atoms with van der Waals surface area (Å²) in [5.74, 6) is -1.35. The molecule has 1 aromatic rings. The van der Waals surface area contributed by atoms with Crippen LogP contribution in [0.5, 0.6) is 0 Å². The molecule has 21 heavy (non-hydrogen) atoms. The molecule has 0 aromatic heterocycles. The standard InChI is InChI=1S/C15H22F2N2O2/c1-10(20)7-15(2,3)9-19-14(21)18-8-11-4-12(16)6-13(17)5-11/h4-6,10,20H,7-9H2,1-3H3,(H2,18,19,21). The topological polar surface area (TPSA) is 61.4 Å². The smallest absolute Gasteiger partial charge is 0.315 e. The molecule has 0 aliphatic carbocycles. The van der Waals surface area contributed by atoms with Crippen molar-refractivity contribution in [2.45, 2.75) is 39.8 Å². The second-order valence-electron chi connectivity index (χ2n) is 6.03. The Balaban J connectivity index is 2.40. The molecule has 1 aromatic carbocycles. The SMILES string of the molecule is CC(O)CC(C)(C)CNC(=O)NCc1cc(F)cc(F)c1. The molecule has 1 unspecified atom stereocenters. The molecule has 0 radical (unpaired) electrons. The average Bonchev–Trinajstić information content (AvgIpc) is 2.31. The maximum Gasteiger partial charge on any atom is 0.315 e. The molecule has 0 fully saturated rings. The van der Waals surface area contributed by atoms with E-state index in [1.54, 1.807) is 6.92 Å². The average molecular weight is 300 g/mol. The van der Waals surface area contributed by atoms with Crippen LogP contribution in [0.15, 0.2) is 18.2 Å². The lowest BCUT2D eigenvalue weighted by molar-refractivity contribution is 0.129. The Hall–Kier alpha value is -1.69. The lowest BCUT2D eigenvalue weighted by atomic mass is 9.87. The number of carbonyl (C=O) groups excluding carboxylic acids is 1. The van der Waals surface area contributed by atoms with Crippen LogP contribution in [0.4, 0.5) is 13.6 Å². The molecule has 0 bridgehead atoms. The van der Waals surface area contributed by atoms with Gasteiger partial charge in [0.25, 0.3) is 0 Å². The first-order valence-electron chi connectivity index (χ1n) is 6.83. The molecule has 118 valence electrons. The number of aliphatic hydroxyl groups excluding tert-OH is 1. The summed E-state index contributed by atoms with van der Waals surface area (Å²) in [5.41, 5.74) is 0.113. The number of nitrogens with one attached hydrogen (secondary N) is 2. The lowest BCUT2D eigenvalue weighted by Gasteiger charge is -2.26. The first-order chi connectivity index (χ1) is 9.68. The van der Waals surface area contributed by atoms with E-state index in [2.05, 4.69) is 10.6 Å². The Morgan fingerprint density at radius 2 is 1.81 bits per heavy atom. The normalized spacial score (nSPS) is 12.9. The third-order valence-corrected chi connectivity index (χ3v) is 2.95. The van der Waals surface area contributed by atoms with Gasteiger partial charge >= 0.3 is 6.03 Å². The largest absolute Gasteiger partial charge is 0.393 e. The quantitative estimate of drug-likeness (QED) is 0.756. The Labute approximate surface area is 123 Å². The summed E-state index contributed by atoms with van der Waals surface area (Å²) in [6.45, 7) is 5.99. The highest BCUT2D eigenvalue weighted by molar-refractivity contribution is 5.73. The van der Waals surface area contributed by atoms with Crippen molar-refractivity contribution < 1.29 is 18.7 Å². The van der Waals surface area contributed by atoms with Crippen LogP contribution < -0.4 is 10.6 Å². The zero-order chi connectivity index (χ0) is 16.0. The zero-order valence-electron chi connectivity index (χ0n) is 12.5. The summed E-state index contributed by atoms with van der Waals surface area (Å²) in [6, 6.07) is 2.70. The molecule has 0 saturated carbocycles. The second-order valence-corrected chi connectivity index (χ2v) is 6.03. The molecule has 0 aliphatic heterocycles. The third-order valence-electron chi connectivity index (χ3n) is 2.95. The molecule has 2 amide bonds. The van der Waals surface area contributed by atoms with Crippen LogP contribution in [0.25, 0.3) is 0 Å². The first-order valence-corrected chi connectivity index (χ1v) is 6.83. The van der Waals surface area contributed by atoms with Crippen molar-refractivity contribution in [3.8, 4) is 0 Å². The maximum atomic E-state index is 13.0. The van der Waals surface area contributed by atoms with Crippen molar-refractivity contribution in [1.29, 1.82) is 0 Å². The van der Waals surface area contributed by atoms with Crippen molar-refractivity contribution in [1.82, 2.24) is 10.6 Å². The summed E-state index contributed by atoms with van der Waals surface area (Å²) in [7, 11) is 0. The lowest BCUT2D eigenvalue weighted by Crippen LogP contribution is -2.41. The van der Waals surface area contributed by atoms with E-state index in [-0.39, 0.29) is 12.0 Å². The molecular weight excluding hydrogens is 278 g/mol. The van der Waals surface area contributed by atoms with Crippen LogP contribution in [0, 0.1) is 17.0 Å². The highest BCUT2D eigenvalue weighted by atomic mass is 19.1. The van der Waals surface area contributed by atoms with E-state index in [0.29, 0.717) is 18.5 Å². The third kappa shape index (κ3) is 7.04. The molecule has 3 N–H and O–H groups in total. The number of hydrogen-bond donors (Lipinski definition) is 3. The molecule has 4 nitrogen and oxygen atoms in total. The van der Waals surface area contributed by atoms with E-state index in [0.717, 1.165) is 6.07 Å². The highest BCUT2D eigenvalue weighted by Crippen LogP contribution is 2.20. The number of rotatable bonds is 6. The minimum absolute atomic E-state index is 0.0390. The van der Waals surface area contributed by atoms with Gasteiger partial charge in [-0.15, -0.1) is 0 Å².